The molecular weight excluding hydrogens is 794 g/mol. The van der Waals surface area contributed by atoms with Crippen LogP contribution in [0.4, 0.5) is 0 Å². The minimum absolute atomic E-state index is 0.175. The van der Waals surface area contributed by atoms with Crippen LogP contribution < -0.4 is 9.47 Å². The first kappa shape index (κ1) is 36.3. The maximum Gasteiger partial charge on any atom is 0.272 e. The van der Waals surface area contributed by atoms with Crippen LogP contribution in [0, 0.1) is 0 Å². The van der Waals surface area contributed by atoms with Gasteiger partial charge >= 0.3 is 0 Å². The second-order valence-corrected chi connectivity index (χ2v) is 15.3. The third-order valence-corrected chi connectivity index (χ3v) is 11.8. The third kappa shape index (κ3) is 6.46. The van der Waals surface area contributed by atoms with Gasteiger partial charge in [-0.25, -0.2) is 9.97 Å². The summed E-state index contributed by atoms with van der Waals surface area (Å²) in [5, 5.41) is 28.6. The highest BCUT2D eigenvalue weighted by molar-refractivity contribution is 6.42. The van der Waals surface area contributed by atoms with Gasteiger partial charge < -0.3 is 9.47 Å². The lowest BCUT2D eigenvalue weighted by molar-refractivity contribution is 0.414. The van der Waals surface area contributed by atoms with E-state index in [1.165, 1.54) is 11.1 Å². The van der Waals surface area contributed by atoms with Crippen molar-refractivity contribution in [3.05, 3.63) is 140 Å². The molecule has 4 aromatic heterocycles. The molecule has 2 fully saturated rings. The number of hydrogen-bond donors (Lipinski definition) is 0. The molecule has 0 bridgehead atoms. The SMILES string of the molecule is COc1ccc(C2(c3nnc4nc(-c5ccc(Cl)c(Cl)c5)cnn34)CC2)cc1.COc1ccc(C2(c3nnc4ncc(-c5ccc(Cl)c(Cl)c5)nn34)CC2)cc1. The molecule has 16 heteroatoms. The minimum atomic E-state index is -0.198. The Labute approximate surface area is 340 Å². The summed E-state index contributed by atoms with van der Waals surface area (Å²) < 4.78 is 14.0. The van der Waals surface area contributed by atoms with E-state index in [0.29, 0.717) is 43.0 Å². The minimum Gasteiger partial charge on any atom is -0.497 e. The van der Waals surface area contributed by atoms with E-state index in [4.69, 9.17) is 61.0 Å². The quantitative estimate of drug-likeness (QED) is 0.146. The van der Waals surface area contributed by atoms with Crippen LogP contribution >= 0.6 is 46.4 Å². The molecule has 0 spiro atoms. The van der Waals surface area contributed by atoms with Crippen molar-refractivity contribution < 1.29 is 9.47 Å². The van der Waals surface area contributed by atoms with E-state index in [9.17, 15) is 0 Å². The summed E-state index contributed by atoms with van der Waals surface area (Å²) in [5.74, 6) is 4.18. The second kappa shape index (κ2) is 14.3. The number of nitrogens with zero attached hydrogens (tertiary/aromatic N) is 10. The van der Waals surface area contributed by atoms with Crippen LogP contribution in [0.3, 0.4) is 0 Å². The number of ether oxygens (including phenoxy) is 2. The molecule has 0 saturated heterocycles. The summed E-state index contributed by atoms with van der Waals surface area (Å²) >= 11 is 24.3. The van der Waals surface area contributed by atoms with Gasteiger partial charge in [0.2, 0.25) is 0 Å². The summed E-state index contributed by atoms with van der Waals surface area (Å²) in [7, 11) is 3.32. The third-order valence-electron chi connectivity index (χ3n) is 10.3. The second-order valence-electron chi connectivity index (χ2n) is 13.6. The zero-order valence-electron chi connectivity index (χ0n) is 29.9. The smallest absolute Gasteiger partial charge is 0.272 e. The molecule has 4 heterocycles. The molecule has 12 nitrogen and oxygen atoms in total. The maximum atomic E-state index is 6.16. The topological polar surface area (TPSA) is 130 Å². The first-order chi connectivity index (χ1) is 27.2. The Hall–Kier alpha value is -5.40. The van der Waals surface area contributed by atoms with Crippen molar-refractivity contribution in [1.29, 1.82) is 0 Å². The fraction of sp³-hybridized carbons (Fsp3) is 0.200. The summed E-state index contributed by atoms with van der Waals surface area (Å²) in [6, 6.07) is 26.9. The van der Waals surface area contributed by atoms with Crippen LogP contribution in [0.5, 0.6) is 11.5 Å². The molecule has 2 aliphatic rings. The van der Waals surface area contributed by atoms with E-state index < -0.39 is 0 Å². The standard InChI is InChI=1S/2C20H15Cl2N5O/c1-28-14-5-3-13(4-6-14)20(8-9-20)18-25-26-19-24-17(11-23-27(18)19)12-2-7-15(21)16(22)10-12;1-28-14-5-3-13(4-6-14)20(8-9-20)18-24-25-19-23-11-17(26-27(18)19)12-2-7-15(21)16(22)10-12/h2*2-7,10-11H,8-9H2,1H3. The predicted molar refractivity (Wildman–Crippen MR) is 214 cm³/mol. The molecular formula is C40H30Cl4N10O2. The lowest BCUT2D eigenvalue weighted by Gasteiger charge is -2.14. The van der Waals surface area contributed by atoms with Crippen LogP contribution in [-0.2, 0) is 10.8 Å². The molecule has 10 rings (SSSR count). The van der Waals surface area contributed by atoms with Crippen LogP contribution in [0.25, 0.3) is 34.1 Å². The highest BCUT2D eigenvalue weighted by Crippen LogP contribution is 2.53. The molecule has 4 aromatic carbocycles. The lowest BCUT2D eigenvalue weighted by Crippen LogP contribution is -2.15. The molecule has 0 amide bonds. The highest BCUT2D eigenvalue weighted by atomic mass is 35.5. The zero-order valence-corrected chi connectivity index (χ0v) is 32.9. The molecule has 0 unspecified atom stereocenters. The van der Waals surface area contributed by atoms with Crippen LogP contribution in [0.15, 0.2) is 97.3 Å². The van der Waals surface area contributed by atoms with Crippen molar-refractivity contribution in [2.45, 2.75) is 36.5 Å². The van der Waals surface area contributed by atoms with Crippen LogP contribution in [-0.4, -0.2) is 63.8 Å². The zero-order chi connectivity index (χ0) is 38.6. The van der Waals surface area contributed by atoms with Crippen molar-refractivity contribution in [2.75, 3.05) is 14.2 Å². The average molecular weight is 825 g/mol. The summed E-state index contributed by atoms with van der Waals surface area (Å²) in [4.78, 5) is 9.03. The number of halogens is 4. The van der Waals surface area contributed by atoms with Gasteiger partial charge in [-0.3, -0.25) is 0 Å². The van der Waals surface area contributed by atoms with Gasteiger partial charge in [0, 0.05) is 11.1 Å². The number of fused-ring (bicyclic) bond motifs is 2. The fourth-order valence-electron chi connectivity index (χ4n) is 6.93. The molecule has 0 radical (unpaired) electrons. The van der Waals surface area contributed by atoms with Gasteiger partial charge in [0.15, 0.2) is 11.6 Å². The first-order valence-electron chi connectivity index (χ1n) is 17.6. The van der Waals surface area contributed by atoms with Gasteiger partial charge in [0.05, 0.1) is 63.2 Å². The normalized spacial score (nSPS) is 15.0. The highest BCUT2D eigenvalue weighted by Gasteiger charge is 2.51. The maximum absolute atomic E-state index is 6.16. The van der Waals surface area contributed by atoms with Gasteiger partial charge in [-0.05, 0) is 85.3 Å². The number of methoxy groups -OCH3 is 2. The predicted octanol–water partition coefficient (Wildman–Crippen LogP) is 9.16. The van der Waals surface area contributed by atoms with Crippen molar-refractivity contribution in [3.63, 3.8) is 0 Å². The molecule has 280 valence electrons. The van der Waals surface area contributed by atoms with E-state index in [0.717, 1.165) is 60.0 Å². The van der Waals surface area contributed by atoms with Gasteiger partial charge in [-0.2, -0.15) is 19.2 Å². The first-order valence-corrected chi connectivity index (χ1v) is 19.1. The molecule has 56 heavy (non-hydrogen) atoms. The lowest BCUT2D eigenvalue weighted by atomic mass is 9.95. The monoisotopic (exact) mass is 822 g/mol. The number of aromatic nitrogens is 10. The Morgan fingerprint density at radius 3 is 1.54 bits per heavy atom. The average Bonchev–Trinajstić information content (AvgIpc) is 4.14. The number of benzene rings is 4. The number of hydrogen-bond acceptors (Lipinski definition) is 10. The Morgan fingerprint density at radius 1 is 0.536 bits per heavy atom. The van der Waals surface area contributed by atoms with Crippen molar-refractivity contribution in [2.24, 2.45) is 0 Å². The molecule has 2 aliphatic carbocycles. The fourth-order valence-corrected chi connectivity index (χ4v) is 7.52. The van der Waals surface area contributed by atoms with Crippen molar-refractivity contribution in [1.82, 2.24) is 49.6 Å². The van der Waals surface area contributed by atoms with Gasteiger partial charge in [0.25, 0.3) is 11.6 Å². The summed E-state index contributed by atoms with van der Waals surface area (Å²) in [5.41, 5.74) is 4.98. The summed E-state index contributed by atoms with van der Waals surface area (Å²) in [6.45, 7) is 0. The van der Waals surface area contributed by atoms with Crippen LogP contribution in [0.2, 0.25) is 20.1 Å². The molecule has 0 aliphatic heterocycles. The number of rotatable bonds is 8. The van der Waals surface area contributed by atoms with E-state index in [2.05, 4.69) is 59.7 Å². The molecule has 2 saturated carbocycles. The van der Waals surface area contributed by atoms with E-state index in [1.807, 2.05) is 36.4 Å². The van der Waals surface area contributed by atoms with Crippen molar-refractivity contribution in [3.8, 4) is 34.0 Å². The van der Waals surface area contributed by atoms with Crippen molar-refractivity contribution >= 4 is 58.0 Å². The molecule has 0 atom stereocenters. The van der Waals surface area contributed by atoms with Crippen LogP contribution in [0.1, 0.15) is 48.5 Å². The van der Waals surface area contributed by atoms with Gasteiger partial charge in [-0.15, -0.1) is 20.4 Å². The largest absolute Gasteiger partial charge is 0.497 e. The molecule has 0 N–H and O–H groups in total. The Bertz CT molecular complexity index is 2750. The Balaban J connectivity index is 0.000000146. The molecule has 8 aromatic rings. The Morgan fingerprint density at radius 2 is 1.04 bits per heavy atom. The van der Waals surface area contributed by atoms with Gasteiger partial charge in [0.1, 0.15) is 17.2 Å². The van der Waals surface area contributed by atoms with E-state index >= 15 is 0 Å². The summed E-state index contributed by atoms with van der Waals surface area (Å²) in [6.07, 6.45) is 7.33. The van der Waals surface area contributed by atoms with E-state index in [1.54, 1.807) is 59.9 Å². The Kier molecular flexibility index (Phi) is 9.24. The van der Waals surface area contributed by atoms with E-state index in [-0.39, 0.29) is 10.8 Å². The van der Waals surface area contributed by atoms with Gasteiger partial charge in [-0.1, -0.05) is 82.8 Å².